The van der Waals surface area contributed by atoms with Gasteiger partial charge in [-0.2, -0.15) is 13.2 Å². The summed E-state index contributed by atoms with van der Waals surface area (Å²) in [5.41, 5.74) is -0.131. The fourth-order valence-corrected chi connectivity index (χ4v) is 4.89. The number of carbonyl (C=O) groups excluding carboxylic acids is 1. The lowest BCUT2D eigenvalue weighted by Crippen LogP contribution is -2.24. The van der Waals surface area contributed by atoms with Gasteiger partial charge in [0.1, 0.15) is 10.6 Å². The van der Waals surface area contributed by atoms with E-state index in [4.69, 9.17) is 4.74 Å². The first-order valence-electron chi connectivity index (χ1n) is 10.1. The molecular formula is C24H22F3NO5S. The van der Waals surface area contributed by atoms with Crippen LogP contribution in [0.1, 0.15) is 22.6 Å². The molecule has 0 aliphatic rings. The molecular weight excluding hydrogens is 471 g/mol. The van der Waals surface area contributed by atoms with Gasteiger partial charge in [-0.05, 0) is 29.3 Å². The summed E-state index contributed by atoms with van der Waals surface area (Å²) in [6, 6.07) is 16.6. The van der Waals surface area contributed by atoms with Crippen molar-refractivity contribution in [2.24, 2.45) is 0 Å². The van der Waals surface area contributed by atoms with E-state index in [1.54, 1.807) is 30.3 Å². The van der Waals surface area contributed by atoms with Gasteiger partial charge >= 0.3 is 6.18 Å². The van der Waals surface area contributed by atoms with Crippen molar-refractivity contribution in [1.29, 1.82) is 0 Å². The van der Waals surface area contributed by atoms with Gasteiger partial charge in [0.15, 0.2) is 9.84 Å². The summed E-state index contributed by atoms with van der Waals surface area (Å²) in [5, 5.41) is 12.3. The minimum absolute atomic E-state index is 0.0251. The number of benzene rings is 3. The van der Waals surface area contributed by atoms with E-state index in [1.165, 1.54) is 31.4 Å². The highest BCUT2D eigenvalue weighted by atomic mass is 32.2. The zero-order valence-corrected chi connectivity index (χ0v) is 18.9. The highest BCUT2D eigenvalue weighted by molar-refractivity contribution is 7.90. The van der Waals surface area contributed by atoms with Gasteiger partial charge < -0.3 is 15.2 Å². The third kappa shape index (κ3) is 5.95. The summed E-state index contributed by atoms with van der Waals surface area (Å²) in [5.74, 6) is -2.09. The topological polar surface area (TPSA) is 92.7 Å². The Bertz CT molecular complexity index is 1260. The number of hydrogen-bond acceptors (Lipinski definition) is 5. The molecule has 0 saturated carbocycles. The van der Waals surface area contributed by atoms with Crippen LogP contribution >= 0.6 is 0 Å². The zero-order valence-electron chi connectivity index (χ0n) is 18.0. The van der Waals surface area contributed by atoms with Crippen LogP contribution in [-0.2, 0) is 26.6 Å². The summed E-state index contributed by atoms with van der Waals surface area (Å²) in [4.78, 5) is 12.4. The van der Waals surface area contributed by atoms with E-state index in [0.29, 0.717) is 5.56 Å². The normalized spacial score (nSPS) is 12.7. The van der Waals surface area contributed by atoms with E-state index in [-0.39, 0.29) is 21.9 Å². The number of aliphatic hydroxyl groups is 1. The first-order valence-corrected chi connectivity index (χ1v) is 11.7. The summed E-state index contributed by atoms with van der Waals surface area (Å²) in [6.07, 6.45) is -4.59. The molecule has 3 rings (SSSR count). The number of alkyl halides is 3. The zero-order chi connectivity index (χ0) is 24.9. The number of amides is 1. The van der Waals surface area contributed by atoms with Gasteiger partial charge in [-0.15, -0.1) is 0 Å². The van der Waals surface area contributed by atoms with Crippen molar-refractivity contribution in [2.45, 2.75) is 22.7 Å². The van der Waals surface area contributed by atoms with Gasteiger partial charge in [-0.25, -0.2) is 8.42 Å². The molecule has 3 aromatic carbocycles. The van der Waals surface area contributed by atoms with Gasteiger partial charge in [0.2, 0.25) is 5.91 Å². The van der Waals surface area contributed by atoms with Gasteiger partial charge in [-0.1, -0.05) is 48.5 Å². The van der Waals surface area contributed by atoms with E-state index >= 15 is 0 Å². The number of methoxy groups -OCH3 is 1. The molecule has 0 saturated heterocycles. The minimum atomic E-state index is -4.59. The number of anilines is 1. The Balaban J connectivity index is 1.84. The highest BCUT2D eigenvalue weighted by Crippen LogP contribution is 2.33. The third-order valence-electron chi connectivity index (χ3n) is 5.08. The maximum atomic E-state index is 13.0. The standard InChI is InChI=1S/C24H22F3NO5S/c1-33-21-13-19(28-23(30)20(14-29)17-7-3-2-4-8-17)10-11-22(21)34(31,32)15-16-6-5-9-18(12-16)24(25,26)27/h2-13,20,29H,14-15H2,1H3,(H,28,30). The Kier molecular flexibility index (Phi) is 7.63. The molecule has 2 N–H and O–H groups in total. The van der Waals surface area contributed by atoms with Gasteiger partial charge in [0, 0.05) is 11.8 Å². The Morgan fingerprint density at radius 1 is 1.03 bits per heavy atom. The number of ether oxygens (including phenoxy) is 1. The van der Waals surface area contributed by atoms with Crippen LogP contribution in [0.5, 0.6) is 5.75 Å². The summed E-state index contributed by atoms with van der Waals surface area (Å²) in [6.45, 7) is -0.434. The molecule has 0 bridgehead atoms. The molecule has 1 amide bonds. The van der Waals surface area contributed by atoms with Gasteiger partial charge in [-0.3, -0.25) is 4.79 Å². The second-order valence-corrected chi connectivity index (χ2v) is 9.42. The van der Waals surface area contributed by atoms with Crippen molar-refractivity contribution in [3.63, 3.8) is 0 Å². The molecule has 34 heavy (non-hydrogen) atoms. The van der Waals surface area contributed by atoms with E-state index in [0.717, 1.165) is 18.2 Å². The predicted molar refractivity (Wildman–Crippen MR) is 120 cm³/mol. The maximum Gasteiger partial charge on any atom is 0.416 e. The average molecular weight is 494 g/mol. The lowest BCUT2D eigenvalue weighted by atomic mass is 9.99. The Labute approximate surface area is 194 Å². The first-order chi connectivity index (χ1) is 16.0. The van der Waals surface area contributed by atoms with Crippen LogP contribution in [0.15, 0.2) is 77.7 Å². The minimum Gasteiger partial charge on any atom is -0.495 e. The molecule has 1 unspecified atom stereocenters. The molecule has 0 fully saturated rings. The first kappa shape index (κ1) is 25.3. The van der Waals surface area contributed by atoms with Crippen molar-refractivity contribution >= 4 is 21.4 Å². The van der Waals surface area contributed by atoms with Crippen LogP contribution in [0, 0.1) is 0 Å². The Hall–Kier alpha value is -3.37. The SMILES string of the molecule is COc1cc(NC(=O)C(CO)c2ccccc2)ccc1S(=O)(=O)Cc1cccc(C(F)(F)F)c1. The van der Waals surface area contributed by atoms with Crippen LogP contribution in [0.4, 0.5) is 18.9 Å². The van der Waals surface area contributed by atoms with Crippen LogP contribution in [-0.4, -0.2) is 33.1 Å². The largest absolute Gasteiger partial charge is 0.495 e. The lowest BCUT2D eigenvalue weighted by Gasteiger charge is -2.16. The van der Waals surface area contributed by atoms with Crippen LogP contribution in [0.3, 0.4) is 0 Å². The van der Waals surface area contributed by atoms with Gasteiger partial charge in [0.05, 0.1) is 31.0 Å². The predicted octanol–water partition coefficient (Wildman–Crippen LogP) is 4.40. The number of hydrogen-bond donors (Lipinski definition) is 2. The molecule has 0 radical (unpaired) electrons. The second kappa shape index (κ2) is 10.3. The Morgan fingerprint density at radius 2 is 1.74 bits per heavy atom. The number of carbonyl (C=O) groups is 1. The Morgan fingerprint density at radius 3 is 2.35 bits per heavy atom. The van der Waals surface area contributed by atoms with E-state index in [2.05, 4.69) is 5.32 Å². The smallest absolute Gasteiger partial charge is 0.416 e. The fraction of sp³-hybridized carbons (Fsp3) is 0.208. The average Bonchev–Trinajstić information content (AvgIpc) is 2.79. The molecule has 0 aliphatic carbocycles. The van der Waals surface area contributed by atoms with E-state index in [1.807, 2.05) is 0 Å². The van der Waals surface area contributed by atoms with Crippen LogP contribution in [0.25, 0.3) is 0 Å². The number of halogens is 3. The van der Waals surface area contributed by atoms with E-state index in [9.17, 15) is 31.5 Å². The molecule has 180 valence electrons. The molecule has 0 aromatic heterocycles. The monoisotopic (exact) mass is 493 g/mol. The molecule has 0 aliphatic heterocycles. The molecule has 6 nitrogen and oxygen atoms in total. The maximum absolute atomic E-state index is 13.0. The number of rotatable bonds is 8. The van der Waals surface area contributed by atoms with E-state index < -0.39 is 45.8 Å². The number of nitrogens with one attached hydrogen (secondary N) is 1. The quantitative estimate of drug-likeness (QED) is 0.485. The lowest BCUT2D eigenvalue weighted by molar-refractivity contribution is -0.137. The van der Waals surface area contributed by atoms with Gasteiger partial charge in [0.25, 0.3) is 0 Å². The summed E-state index contributed by atoms with van der Waals surface area (Å²) >= 11 is 0. The third-order valence-corrected chi connectivity index (χ3v) is 6.80. The molecule has 0 spiro atoms. The van der Waals surface area contributed by atoms with Crippen molar-refractivity contribution in [3.05, 3.63) is 89.5 Å². The van der Waals surface area contributed by atoms with Crippen LogP contribution < -0.4 is 10.1 Å². The second-order valence-electron chi connectivity index (χ2n) is 7.46. The van der Waals surface area contributed by atoms with Crippen molar-refractivity contribution in [2.75, 3.05) is 19.0 Å². The fourth-order valence-electron chi connectivity index (χ4n) is 3.39. The molecule has 3 aromatic rings. The summed E-state index contributed by atoms with van der Waals surface area (Å²) in [7, 11) is -2.83. The number of aliphatic hydroxyl groups excluding tert-OH is 1. The van der Waals surface area contributed by atoms with Crippen molar-refractivity contribution in [1.82, 2.24) is 0 Å². The van der Waals surface area contributed by atoms with Crippen molar-refractivity contribution in [3.8, 4) is 5.75 Å². The molecule has 0 heterocycles. The summed E-state index contributed by atoms with van der Waals surface area (Å²) < 4.78 is 69.9. The highest BCUT2D eigenvalue weighted by Gasteiger charge is 2.31. The van der Waals surface area contributed by atoms with Crippen molar-refractivity contribution < 1.29 is 36.2 Å². The number of sulfone groups is 1. The van der Waals surface area contributed by atoms with Crippen LogP contribution in [0.2, 0.25) is 0 Å². The molecule has 10 heteroatoms. The molecule has 1 atom stereocenters.